The van der Waals surface area contributed by atoms with E-state index in [-0.39, 0.29) is 11.9 Å². The Balaban J connectivity index is 2.20. The lowest BCUT2D eigenvalue weighted by atomic mass is 9.84. The Bertz CT molecular complexity index is 506. The van der Waals surface area contributed by atoms with E-state index in [1.165, 1.54) is 0 Å². The Morgan fingerprint density at radius 3 is 2.89 bits per heavy atom. The van der Waals surface area contributed by atoms with E-state index in [1.807, 2.05) is 6.92 Å². The molecule has 1 aliphatic rings. The molecule has 1 saturated carbocycles. The molecule has 2 atom stereocenters. The monoisotopic (exact) mass is 243 g/mol. The van der Waals surface area contributed by atoms with Crippen molar-refractivity contribution in [2.45, 2.75) is 32.2 Å². The molecule has 0 spiro atoms. The fraction of sp³-hybridized carbons (Fsp3) is 0.429. The molecule has 2 unspecified atom stereocenters. The van der Waals surface area contributed by atoms with Gasteiger partial charge in [0, 0.05) is 6.04 Å². The minimum atomic E-state index is -0.525. The van der Waals surface area contributed by atoms with E-state index in [1.54, 1.807) is 24.3 Å². The van der Waals surface area contributed by atoms with Gasteiger partial charge in [0.15, 0.2) is 0 Å². The van der Waals surface area contributed by atoms with E-state index < -0.39 is 5.41 Å². The fourth-order valence-corrected chi connectivity index (χ4v) is 2.43. The molecule has 18 heavy (non-hydrogen) atoms. The van der Waals surface area contributed by atoms with Gasteiger partial charge < -0.3 is 11.1 Å². The lowest BCUT2D eigenvalue weighted by Crippen LogP contribution is -2.44. The molecule has 0 bridgehead atoms. The summed E-state index contributed by atoms with van der Waals surface area (Å²) in [5.41, 5.74) is 6.52. The van der Waals surface area contributed by atoms with Crippen LogP contribution >= 0.6 is 0 Å². The molecule has 1 fully saturated rings. The molecule has 1 aromatic carbocycles. The number of hydrogen-bond acceptors (Lipinski definition) is 3. The Labute approximate surface area is 107 Å². The number of hydrogen-bond donors (Lipinski definition) is 2. The van der Waals surface area contributed by atoms with Crippen molar-refractivity contribution in [2.24, 2.45) is 11.1 Å². The van der Waals surface area contributed by atoms with Crippen molar-refractivity contribution in [3.8, 4) is 6.07 Å². The second kappa shape index (κ2) is 4.79. The maximum absolute atomic E-state index is 12.3. The van der Waals surface area contributed by atoms with Gasteiger partial charge in [-0.05, 0) is 31.9 Å². The smallest absolute Gasteiger partial charge is 0.231 e. The number of nitriles is 1. The van der Waals surface area contributed by atoms with Crippen LogP contribution in [-0.4, -0.2) is 11.9 Å². The first-order chi connectivity index (χ1) is 8.58. The Morgan fingerprint density at radius 2 is 2.28 bits per heavy atom. The van der Waals surface area contributed by atoms with Crippen LogP contribution in [0.4, 0.5) is 5.69 Å². The molecule has 0 aromatic heterocycles. The highest BCUT2D eigenvalue weighted by Gasteiger charge is 2.43. The molecule has 3 N–H and O–H groups in total. The van der Waals surface area contributed by atoms with Crippen LogP contribution < -0.4 is 11.1 Å². The van der Waals surface area contributed by atoms with E-state index in [9.17, 15) is 4.79 Å². The average Bonchev–Trinajstić information content (AvgIpc) is 2.71. The molecule has 0 heterocycles. The summed E-state index contributed by atoms with van der Waals surface area (Å²) >= 11 is 0. The van der Waals surface area contributed by atoms with Gasteiger partial charge in [-0.3, -0.25) is 4.79 Å². The van der Waals surface area contributed by atoms with Gasteiger partial charge in [-0.2, -0.15) is 5.26 Å². The summed E-state index contributed by atoms with van der Waals surface area (Å²) in [4.78, 5) is 12.3. The molecule has 0 aliphatic heterocycles. The number of rotatable bonds is 2. The van der Waals surface area contributed by atoms with E-state index >= 15 is 0 Å². The predicted octanol–water partition coefficient (Wildman–Crippen LogP) is 2.01. The van der Waals surface area contributed by atoms with Crippen LogP contribution in [0.2, 0.25) is 0 Å². The van der Waals surface area contributed by atoms with Crippen molar-refractivity contribution >= 4 is 11.6 Å². The van der Waals surface area contributed by atoms with E-state index in [2.05, 4.69) is 11.4 Å². The minimum Gasteiger partial charge on any atom is -0.327 e. The highest BCUT2D eigenvalue weighted by Crippen LogP contribution is 2.37. The molecule has 1 aliphatic carbocycles. The molecule has 1 amide bonds. The lowest BCUT2D eigenvalue weighted by molar-refractivity contribution is -0.125. The number of benzene rings is 1. The topological polar surface area (TPSA) is 78.9 Å². The van der Waals surface area contributed by atoms with Crippen molar-refractivity contribution in [3.63, 3.8) is 0 Å². The van der Waals surface area contributed by atoms with Crippen LogP contribution in [0.5, 0.6) is 0 Å². The molecule has 0 radical (unpaired) electrons. The number of carbonyl (C=O) groups is 1. The first-order valence-electron chi connectivity index (χ1n) is 6.14. The quantitative estimate of drug-likeness (QED) is 0.834. The van der Waals surface area contributed by atoms with Crippen LogP contribution in [0.15, 0.2) is 24.3 Å². The van der Waals surface area contributed by atoms with Crippen molar-refractivity contribution < 1.29 is 4.79 Å². The molecule has 4 nitrogen and oxygen atoms in total. The molecule has 2 rings (SSSR count). The Kier molecular flexibility index (Phi) is 3.35. The van der Waals surface area contributed by atoms with Crippen molar-refractivity contribution in [2.75, 3.05) is 5.32 Å². The SMILES string of the molecule is CC1(C(=O)Nc2ccccc2C#N)CCCC1N. The van der Waals surface area contributed by atoms with Crippen molar-refractivity contribution in [1.82, 2.24) is 0 Å². The standard InChI is InChI=1S/C14H17N3O/c1-14(8-4-7-12(14)16)13(18)17-11-6-3-2-5-10(11)9-15/h2-3,5-6,12H,4,7-8,16H2,1H3,(H,17,18). The van der Waals surface area contributed by atoms with Crippen LogP contribution in [0.25, 0.3) is 0 Å². The largest absolute Gasteiger partial charge is 0.327 e. The minimum absolute atomic E-state index is 0.0878. The number of nitrogens with two attached hydrogens (primary N) is 1. The normalized spacial score (nSPS) is 26.6. The van der Waals surface area contributed by atoms with Crippen LogP contribution in [0.3, 0.4) is 0 Å². The van der Waals surface area contributed by atoms with Gasteiger partial charge in [0.05, 0.1) is 16.7 Å². The summed E-state index contributed by atoms with van der Waals surface area (Å²) in [7, 11) is 0. The summed E-state index contributed by atoms with van der Waals surface area (Å²) in [6.07, 6.45) is 2.66. The van der Waals surface area contributed by atoms with Gasteiger partial charge in [-0.15, -0.1) is 0 Å². The summed E-state index contributed by atoms with van der Waals surface area (Å²) in [6, 6.07) is 8.96. The van der Waals surface area contributed by atoms with E-state index in [0.717, 1.165) is 19.3 Å². The van der Waals surface area contributed by atoms with Crippen molar-refractivity contribution in [1.29, 1.82) is 5.26 Å². The molecular formula is C14H17N3O. The van der Waals surface area contributed by atoms with Gasteiger partial charge in [-0.25, -0.2) is 0 Å². The first-order valence-corrected chi connectivity index (χ1v) is 6.14. The number of anilines is 1. The number of para-hydroxylation sites is 1. The predicted molar refractivity (Wildman–Crippen MR) is 69.7 cm³/mol. The Morgan fingerprint density at radius 1 is 1.56 bits per heavy atom. The lowest BCUT2D eigenvalue weighted by Gasteiger charge is -2.27. The highest BCUT2D eigenvalue weighted by molar-refractivity contribution is 5.96. The molecular weight excluding hydrogens is 226 g/mol. The number of amides is 1. The van der Waals surface area contributed by atoms with E-state index in [4.69, 9.17) is 11.0 Å². The molecule has 0 saturated heterocycles. The third-order valence-corrected chi connectivity index (χ3v) is 3.84. The second-order valence-electron chi connectivity index (χ2n) is 5.03. The van der Waals surface area contributed by atoms with Gasteiger partial charge >= 0.3 is 0 Å². The zero-order valence-electron chi connectivity index (χ0n) is 10.4. The van der Waals surface area contributed by atoms with Gasteiger partial charge in [-0.1, -0.05) is 18.6 Å². The number of nitrogens with zero attached hydrogens (tertiary/aromatic N) is 1. The van der Waals surface area contributed by atoms with Crippen LogP contribution in [-0.2, 0) is 4.79 Å². The molecule has 1 aromatic rings. The number of nitrogens with one attached hydrogen (secondary N) is 1. The van der Waals surface area contributed by atoms with Gasteiger partial charge in [0.25, 0.3) is 0 Å². The maximum atomic E-state index is 12.3. The zero-order chi connectivity index (χ0) is 13.2. The zero-order valence-corrected chi connectivity index (χ0v) is 10.4. The first kappa shape index (κ1) is 12.6. The van der Waals surface area contributed by atoms with Crippen LogP contribution in [0, 0.1) is 16.7 Å². The maximum Gasteiger partial charge on any atom is 0.231 e. The third-order valence-electron chi connectivity index (χ3n) is 3.84. The highest BCUT2D eigenvalue weighted by atomic mass is 16.2. The average molecular weight is 243 g/mol. The number of carbonyl (C=O) groups excluding carboxylic acids is 1. The summed E-state index contributed by atoms with van der Waals surface area (Å²) in [6.45, 7) is 1.90. The van der Waals surface area contributed by atoms with Crippen LogP contribution in [0.1, 0.15) is 31.7 Å². The second-order valence-corrected chi connectivity index (χ2v) is 5.03. The summed E-state index contributed by atoms with van der Waals surface area (Å²) in [5.74, 6) is -0.0878. The molecule has 4 heteroatoms. The molecule has 94 valence electrons. The third kappa shape index (κ3) is 2.09. The van der Waals surface area contributed by atoms with Gasteiger partial charge in [0.1, 0.15) is 6.07 Å². The Hall–Kier alpha value is -1.86. The van der Waals surface area contributed by atoms with E-state index in [0.29, 0.717) is 11.3 Å². The summed E-state index contributed by atoms with van der Waals surface area (Å²) in [5, 5.41) is 11.8. The fourth-order valence-electron chi connectivity index (χ4n) is 2.43. The van der Waals surface area contributed by atoms with Crippen molar-refractivity contribution in [3.05, 3.63) is 29.8 Å². The summed E-state index contributed by atoms with van der Waals surface area (Å²) < 4.78 is 0. The van der Waals surface area contributed by atoms with Gasteiger partial charge in [0.2, 0.25) is 5.91 Å².